The van der Waals surface area contributed by atoms with Gasteiger partial charge in [0, 0.05) is 44.0 Å². The third kappa shape index (κ3) is 31.4. The van der Waals surface area contributed by atoms with Crippen molar-refractivity contribution in [1.29, 1.82) is 15.8 Å². The molecule has 10 unspecified atom stereocenters. The molecule has 4 rings (SSSR count). The van der Waals surface area contributed by atoms with Crippen molar-refractivity contribution in [3.8, 4) is 17.9 Å². The Balaban J connectivity index is -0.000000183. The molecule has 1 N–H and O–H groups in total. The van der Waals surface area contributed by atoms with Gasteiger partial charge < -0.3 is 57.9 Å². The SMILES string of the molecule is CC(C)N(C(C)C)P(C#N)OCCC#N.CC1C(C)C(C)C(C)C1C.CC1C(C)C(C)C(C)C1C.CC1C(C)C(C)C(CCCOCO)C1C.CC1C(C)C(C)C(COCCCOP(OCCC#N)N(C(C)C)C(C)C)C1C.[CH3-].[CH3-].[CH3-].[CH3-].[Fe+2].[Fe+2]. The third-order valence-electron chi connectivity index (χ3n) is 21.3. The summed E-state index contributed by atoms with van der Waals surface area (Å²) >= 11 is 0. The van der Waals surface area contributed by atoms with Crippen molar-refractivity contribution in [2.45, 2.75) is 236 Å². The Hall–Kier alpha value is 0.0490. The van der Waals surface area contributed by atoms with Crippen molar-refractivity contribution < 1.29 is 62.3 Å². The van der Waals surface area contributed by atoms with Gasteiger partial charge in [0.15, 0.2) is 0 Å². The van der Waals surface area contributed by atoms with Crippen molar-refractivity contribution in [3.63, 3.8) is 0 Å². The van der Waals surface area contributed by atoms with Crippen LogP contribution in [-0.4, -0.2) is 85.0 Å². The molecule has 0 aromatic heterocycles. The van der Waals surface area contributed by atoms with Crippen LogP contribution < -0.4 is 0 Å². The first kappa shape index (κ1) is 97.6. The van der Waals surface area contributed by atoms with Gasteiger partial charge in [0.25, 0.3) is 8.53 Å². The zero-order valence-corrected chi connectivity index (χ0v) is 64.2. The topological polar surface area (TPSA) is 144 Å². The van der Waals surface area contributed by atoms with Gasteiger partial charge in [0.1, 0.15) is 12.6 Å². The fourth-order valence-corrected chi connectivity index (χ4v) is 16.7. The zero-order chi connectivity index (χ0) is 60.3. The van der Waals surface area contributed by atoms with Crippen LogP contribution in [0.3, 0.4) is 0 Å². The summed E-state index contributed by atoms with van der Waals surface area (Å²) < 4.78 is 32.7. The van der Waals surface area contributed by atoms with Crippen LogP contribution in [0.5, 0.6) is 0 Å². The summed E-state index contributed by atoms with van der Waals surface area (Å²) in [5.41, 5.74) is 0. The molecule has 15 heteroatoms. The molecule has 4 aliphatic rings. The molecule has 0 aromatic carbocycles. The molecule has 4 saturated carbocycles. The van der Waals surface area contributed by atoms with Gasteiger partial charge in [0.05, 0.1) is 44.8 Å². The summed E-state index contributed by atoms with van der Waals surface area (Å²) in [7, 11) is -2.37. The van der Waals surface area contributed by atoms with Gasteiger partial charge in [0.2, 0.25) is 8.30 Å². The number of nitrogens with zero attached hydrogens (tertiary/aromatic N) is 5. The van der Waals surface area contributed by atoms with E-state index in [1.807, 2.05) is 38.4 Å². The van der Waals surface area contributed by atoms with Crippen LogP contribution in [0.4, 0.5) is 0 Å². The minimum absolute atomic E-state index is 0. The van der Waals surface area contributed by atoms with E-state index < -0.39 is 16.8 Å². The number of rotatable bonds is 24. The smallest absolute Gasteiger partial charge is 0.381 e. The van der Waals surface area contributed by atoms with Crippen molar-refractivity contribution >= 4 is 16.8 Å². The number of aliphatic hydroxyl groups is 1. The van der Waals surface area contributed by atoms with Crippen molar-refractivity contribution in [3.05, 3.63) is 29.7 Å². The monoisotopic (exact) mass is 1310 g/mol. The van der Waals surface area contributed by atoms with E-state index >= 15 is 0 Å². The molecular formula is C69H139Fe2N5O6P2. The molecule has 84 heavy (non-hydrogen) atoms. The van der Waals surface area contributed by atoms with Gasteiger partial charge in [-0.25, -0.2) is 9.34 Å². The quantitative estimate of drug-likeness (QED) is 0.0324. The van der Waals surface area contributed by atoms with Crippen molar-refractivity contribution in [1.82, 2.24) is 9.34 Å². The Morgan fingerprint density at radius 2 is 0.667 bits per heavy atom. The molecule has 11 nitrogen and oxygen atoms in total. The molecule has 502 valence electrons. The van der Waals surface area contributed by atoms with Crippen molar-refractivity contribution in [2.75, 3.05) is 46.4 Å². The van der Waals surface area contributed by atoms with E-state index in [4.69, 9.17) is 43.9 Å². The normalized spacial score (nSPS) is 32.5. The number of nitriles is 3. The second-order valence-corrected chi connectivity index (χ2v) is 29.4. The first-order valence-electron chi connectivity index (χ1n) is 31.4. The molecule has 0 aromatic rings. The van der Waals surface area contributed by atoms with Gasteiger partial charge in [-0.05, 0) is 193 Å². The van der Waals surface area contributed by atoms with Gasteiger partial charge in [-0.15, -0.1) is 0 Å². The second-order valence-electron chi connectivity index (χ2n) is 26.5. The average Bonchev–Trinajstić information content (AvgIpc) is 3.84. The fourth-order valence-electron chi connectivity index (χ4n) is 13.7. The van der Waals surface area contributed by atoms with Gasteiger partial charge >= 0.3 is 34.1 Å². The van der Waals surface area contributed by atoms with Gasteiger partial charge in [-0.2, -0.15) is 15.8 Å². The zero-order valence-electron chi connectivity index (χ0n) is 60.2. The largest absolute Gasteiger partial charge is 2.00 e. The van der Waals surface area contributed by atoms with Gasteiger partial charge in [-0.3, -0.25) is 0 Å². The molecular weight excluding hydrogens is 1170 g/mol. The first-order chi connectivity index (χ1) is 36.5. The Labute approximate surface area is 549 Å². The van der Waals surface area contributed by atoms with E-state index in [-0.39, 0.29) is 82.7 Å². The van der Waals surface area contributed by atoms with Gasteiger partial charge in [-0.1, -0.05) is 125 Å². The van der Waals surface area contributed by atoms with E-state index in [2.05, 4.69) is 169 Å². The Bertz CT molecular complexity index is 1530. The van der Waals surface area contributed by atoms with E-state index in [1.165, 1.54) is 6.42 Å². The Kier molecular flexibility index (Phi) is 60.0. The minimum Gasteiger partial charge on any atom is -0.381 e. The summed E-state index contributed by atoms with van der Waals surface area (Å²) in [6.07, 6.45) is 3.93. The van der Waals surface area contributed by atoms with Crippen LogP contribution in [-0.2, 0) is 57.2 Å². The third-order valence-corrected chi connectivity index (χ3v) is 25.3. The summed E-state index contributed by atoms with van der Waals surface area (Å²) in [5.74, 6) is 19.4. The molecule has 0 bridgehead atoms. The fraction of sp³-hybridized carbons (Fsp3) is 0.899. The predicted octanol–water partition coefficient (Wildman–Crippen LogP) is 19.8. The number of hydrogen-bond donors (Lipinski definition) is 1. The summed E-state index contributed by atoms with van der Waals surface area (Å²) in [5, 5.41) is 34.7. The molecule has 0 amide bonds. The second kappa shape index (κ2) is 51.6. The molecule has 0 spiro atoms. The molecule has 4 fully saturated rings. The van der Waals surface area contributed by atoms with Crippen LogP contribution in [0.25, 0.3) is 0 Å². The van der Waals surface area contributed by atoms with Crippen LogP contribution in [0.2, 0.25) is 0 Å². The summed E-state index contributed by atoms with van der Waals surface area (Å²) in [6.45, 7) is 63.4. The van der Waals surface area contributed by atoms with E-state index in [0.29, 0.717) is 57.3 Å². The van der Waals surface area contributed by atoms with E-state index in [9.17, 15) is 0 Å². The molecule has 0 heterocycles. The maximum Gasteiger partial charge on any atom is 2.00 e. The average molecular weight is 1310 g/mol. The Morgan fingerprint density at radius 1 is 0.381 bits per heavy atom. The van der Waals surface area contributed by atoms with Crippen LogP contribution in [0.1, 0.15) is 212 Å². The summed E-state index contributed by atoms with van der Waals surface area (Å²) in [4.78, 5) is 0. The van der Waals surface area contributed by atoms with Crippen LogP contribution in [0, 0.1) is 182 Å². The number of hydrogen-bond acceptors (Lipinski definition) is 11. The van der Waals surface area contributed by atoms with Crippen LogP contribution >= 0.6 is 16.8 Å². The first-order valence-corrected chi connectivity index (χ1v) is 33.8. The minimum atomic E-state index is -1.22. The predicted molar refractivity (Wildman–Crippen MR) is 357 cm³/mol. The maximum absolute atomic E-state index is 9.02. The molecule has 0 aliphatic heterocycles. The number of aliphatic hydroxyl groups excluding tert-OH is 1. The van der Waals surface area contributed by atoms with Crippen molar-refractivity contribution in [2.24, 2.45) is 118 Å². The summed E-state index contributed by atoms with van der Waals surface area (Å²) in [6, 6.07) is 5.35. The Morgan fingerprint density at radius 3 is 0.964 bits per heavy atom. The van der Waals surface area contributed by atoms with Crippen LogP contribution in [0.15, 0.2) is 0 Å². The molecule has 10 atom stereocenters. The van der Waals surface area contributed by atoms with E-state index in [0.717, 1.165) is 138 Å². The number of ether oxygens (including phenoxy) is 2. The standard InChI is InChI=1S/C22H43N2O3P.C13H26O2.C10H18N3OP.2C10H20.4CH3.2Fe/c1-16(2)24(17(3)4)28(26-13-9-11-23)27-14-10-12-25-15-22-20(7)18(5)19(6)21(22)8;1-9-10(2)12(4)13(11(9)3)6-5-7-15-8-14;1-9(2)13(10(3)4)15(8-12)14-7-5-6-11;2*1-6-7(2)9(4)10(5)8(6)3;;;;;;/h16-22H,9-10,12-15H2,1-8H3;9-14H,5-8H2,1-4H3;9-10H,5,7H2,1-4H3;2*6-10H,1-5H3;4*1H3;;/q;;;;;4*-1;2*+2. The molecule has 0 saturated heterocycles. The molecule has 0 radical (unpaired) electrons. The van der Waals surface area contributed by atoms with E-state index in [1.54, 1.807) is 0 Å². The maximum atomic E-state index is 9.02. The molecule has 4 aliphatic carbocycles.